The highest BCUT2D eigenvalue weighted by atomic mass is 15.0. The zero-order valence-corrected chi connectivity index (χ0v) is 10.3. The van der Waals surface area contributed by atoms with Crippen LogP contribution in [-0.4, -0.2) is 16.0 Å². The smallest absolute Gasteiger partial charge is 0.158 e. The molecule has 1 aromatic heterocycles. The van der Waals surface area contributed by atoms with Gasteiger partial charge in [-0.15, -0.1) is 0 Å². The van der Waals surface area contributed by atoms with E-state index in [9.17, 15) is 0 Å². The molecule has 2 rings (SSSR count). The lowest BCUT2D eigenvalue weighted by molar-refractivity contribution is 0.280. The van der Waals surface area contributed by atoms with Crippen LogP contribution < -0.4 is 5.32 Å². The number of hydrogen-bond acceptors (Lipinski definition) is 4. The molecule has 1 aliphatic rings. The second-order valence-electron chi connectivity index (χ2n) is 5.16. The van der Waals surface area contributed by atoms with E-state index in [4.69, 9.17) is 5.26 Å². The van der Waals surface area contributed by atoms with Gasteiger partial charge in [0, 0.05) is 6.04 Å². The van der Waals surface area contributed by atoms with Crippen LogP contribution in [0.4, 0.5) is 5.82 Å². The van der Waals surface area contributed by atoms with Crippen LogP contribution >= 0.6 is 0 Å². The fraction of sp³-hybridized carbons (Fsp3) is 0.615. The van der Waals surface area contributed by atoms with E-state index in [2.05, 4.69) is 29.1 Å². The summed E-state index contributed by atoms with van der Waals surface area (Å²) in [6.07, 6.45) is 6.84. The van der Waals surface area contributed by atoms with Crippen LogP contribution in [0.1, 0.15) is 38.8 Å². The van der Waals surface area contributed by atoms with Crippen LogP contribution in [0.2, 0.25) is 0 Å². The van der Waals surface area contributed by atoms with E-state index in [0.29, 0.717) is 11.7 Å². The van der Waals surface area contributed by atoms with Crippen LogP contribution in [0.15, 0.2) is 12.4 Å². The van der Waals surface area contributed by atoms with Crippen molar-refractivity contribution in [2.75, 3.05) is 5.32 Å². The van der Waals surface area contributed by atoms with E-state index in [1.54, 1.807) is 6.20 Å². The predicted octanol–water partition coefficient (Wildman–Crippen LogP) is 2.58. The first kappa shape index (κ1) is 11.8. The fourth-order valence-corrected chi connectivity index (χ4v) is 2.73. The molecular weight excluding hydrogens is 212 g/mol. The van der Waals surface area contributed by atoms with Gasteiger partial charge in [-0.25, -0.2) is 9.97 Å². The van der Waals surface area contributed by atoms with Gasteiger partial charge < -0.3 is 5.32 Å². The Morgan fingerprint density at radius 3 is 2.41 bits per heavy atom. The highest BCUT2D eigenvalue weighted by molar-refractivity contribution is 5.34. The zero-order chi connectivity index (χ0) is 12.3. The minimum absolute atomic E-state index is 0.362. The lowest BCUT2D eigenvalue weighted by Gasteiger charge is -2.32. The Hall–Kier alpha value is -1.63. The van der Waals surface area contributed by atoms with E-state index < -0.39 is 0 Å². The third-order valence-corrected chi connectivity index (χ3v) is 3.30. The molecule has 1 N–H and O–H groups in total. The van der Waals surface area contributed by atoms with Crippen LogP contribution in [-0.2, 0) is 0 Å². The van der Waals surface area contributed by atoms with Gasteiger partial charge in [0.15, 0.2) is 5.69 Å². The van der Waals surface area contributed by atoms with Crippen LogP contribution in [0.5, 0.6) is 0 Å². The molecule has 1 aromatic rings. The number of rotatable bonds is 2. The quantitative estimate of drug-likeness (QED) is 0.848. The Balaban J connectivity index is 1.98. The molecule has 0 aliphatic heterocycles. The number of nitrogens with zero attached hydrogens (tertiary/aromatic N) is 3. The average Bonchev–Trinajstić information content (AvgIpc) is 2.28. The Morgan fingerprint density at radius 1 is 1.18 bits per heavy atom. The minimum atomic E-state index is 0.362. The van der Waals surface area contributed by atoms with Crippen LogP contribution in [0.3, 0.4) is 0 Å². The molecule has 0 bridgehead atoms. The standard InChI is InChI=1S/C13H18N4/c1-9-3-10(2)5-11(4-9)17-13-8-15-12(6-14)7-16-13/h7-11H,3-5H2,1-2H3,(H,16,17). The van der Waals surface area contributed by atoms with Crippen LogP contribution in [0, 0.1) is 23.2 Å². The lowest BCUT2D eigenvalue weighted by Crippen LogP contribution is -2.30. The van der Waals surface area contributed by atoms with Crippen molar-refractivity contribution in [3.63, 3.8) is 0 Å². The van der Waals surface area contributed by atoms with Gasteiger partial charge in [-0.1, -0.05) is 13.8 Å². The summed E-state index contributed by atoms with van der Waals surface area (Å²) in [5.74, 6) is 2.31. The Bertz CT molecular complexity index is 396. The molecule has 0 saturated heterocycles. The first-order valence-electron chi connectivity index (χ1n) is 6.16. The summed E-state index contributed by atoms with van der Waals surface area (Å²) < 4.78 is 0. The van der Waals surface area contributed by atoms with E-state index in [0.717, 1.165) is 17.7 Å². The summed E-state index contributed by atoms with van der Waals surface area (Å²) >= 11 is 0. The number of hydrogen-bond donors (Lipinski definition) is 1. The molecule has 2 atom stereocenters. The molecule has 1 aliphatic carbocycles. The van der Waals surface area contributed by atoms with Crippen molar-refractivity contribution in [2.45, 2.75) is 39.2 Å². The molecule has 4 nitrogen and oxygen atoms in total. The van der Waals surface area contributed by atoms with E-state index in [1.165, 1.54) is 25.5 Å². The van der Waals surface area contributed by atoms with Gasteiger partial charge in [0.1, 0.15) is 11.9 Å². The molecule has 1 saturated carbocycles. The highest BCUT2D eigenvalue weighted by Crippen LogP contribution is 2.29. The van der Waals surface area contributed by atoms with Gasteiger partial charge >= 0.3 is 0 Å². The van der Waals surface area contributed by atoms with Gasteiger partial charge in [-0.2, -0.15) is 5.26 Å². The molecule has 4 heteroatoms. The average molecular weight is 230 g/mol. The molecule has 2 unspecified atom stereocenters. The normalized spacial score (nSPS) is 28.4. The maximum absolute atomic E-state index is 8.65. The number of nitriles is 1. The van der Waals surface area contributed by atoms with Crippen molar-refractivity contribution in [3.05, 3.63) is 18.1 Å². The number of aromatic nitrogens is 2. The summed E-state index contributed by atoms with van der Waals surface area (Å²) in [5.41, 5.74) is 0.362. The molecule has 0 aromatic carbocycles. The first-order valence-corrected chi connectivity index (χ1v) is 6.16. The minimum Gasteiger partial charge on any atom is -0.366 e. The summed E-state index contributed by atoms with van der Waals surface area (Å²) in [7, 11) is 0. The molecule has 0 spiro atoms. The molecule has 1 fully saturated rings. The molecule has 1 heterocycles. The monoisotopic (exact) mass is 230 g/mol. The second kappa shape index (κ2) is 5.13. The zero-order valence-electron chi connectivity index (χ0n) is 10.3. The SMILES string of the molecule is CC1CC(C)CC(Nc2cnc(C#N)cn2)C1. The highest BCUT2D eigenvalue weighted by Gasteiger charge is 2.23. The second-order valence-corrected chi connectivity index (χ2v) is 5.16. The molecule has 17 heavy (non-hydrogen) atoms. The first-order chi connectivity index (χ1) is 8.17. The van der Waals surface area contributed by atoms with Crippen molar-refractivity contribution in [2.24, 2.45) is 11.8 Å². The summed E-state index contributed by atoms with van der Waals surface area (Å²) in [6, 6.07) is 2.45. The van der Waals surface area contributed by atoms with E-state index in [1.807, 2.05) is 6.07 Å². The molecule has 90 valence electrons. The predicted molar refractivity (Wildman–Crippen MR) is 66.3 cm³/mol. The summed E-state index contributed by atoms with van der Waals surface area (Å²) in [6.45, 7) is 4.60. The number of nitrogens with one attached hydrogen (secondary N) is 1. The lowest BCUT2D eigenvalue weighted by atomic mass is 9.80. The van der Waals surface area contributed by atoms with Crippen molar-refractivity contribution in [3.8, 4) is 6.07 Å². The maximum Gasteiger partial charge on any atom is 0.158 e. The topological polar surface area (TPSA) is 61.6 Å². The van der Waals surface area contributed by atoms with Gasteiger partial charge in [0.25, 0.3) is 0 Å². The number of anilines is 1. The molecular formula is C13H18N4. The van der Waals surface area contributed by atoms with Crippen molar-refractivity contribution in [1.82, 2.24) is 9.97 Å². The van der Waals surface area contributed by atoms with Crippen molar-refractivity contribution >= 4 is 5.82 Å². The Labute approximate surface area is 102 Å². The maximum atomic E-state index is 8.65. The van der Waals surface area contributed by atoms with Gasteiger partial charge in [0.05, 0.1) is 12.4 Å². The van der Waals surface area contributed by atoms with Gasteiger partial charge in [-0.05, 0) is 31.1 Å². The third-order valence-electron chi connectivity index (χ3n) is 3.30. The third kappa shape index (κ3) is 3.16. The fourth-order valence-electron chi connectivity index (χ4n) is 2.73. The summed E-state index contributed by atoms with van der Waals surface area (Å²) in [5, 5.41) is 12.1. The van der Waals surface area contributed by atoms with Crippen molar-refractivity contribution in [1.29, 1.82) is 5.26 Å². The van der Waals surface area contributed by atoms with Gasteiger partial charge in [0.2, 0.25) is 0 Å². The van der Waals surface area contributed by atoms with Crippen LogP contribution in [0.25, 0.3) is 0 Å². The largest absolute Gasteiger partial charge is 0.366 e. The molecule has 0 amide bonds. The Kier molecular flexibility index (Phi) is 3.58. The van der Waals surface area contributed by atoms with E-state index >= 15 is 0 Å². The molecule has 0 radical (unpaired) electrons. The Morgan fingerprint density at radius 2 is 1.88 bits per heavy atom. The van der Waals surface area contributed by atoms with Gasteiger partial charge in [-0.3, -0.25) is 0 Å². The van der Waals surface area contributed by atoms with E-state index in [-0.39, 0.29) is 0 Å². The summed E-state index contributed by atoms with van der Waals surface area (Å²) in [4.78, 5) is 8.21. The van der Waals surface area contributed by atoms with Crippen molar-refractivity contribution < 1.29 is 0 Å².